The number of ether oxygens (including phenoxy) is 2. The molecule has 6 heteroatoms. The molecule has 0 bridgehead atoms. The Morgan fingerprint density at radius 3 is 2.83 bits per heavy atom. The summed E-state index contributed by atoms with van der Waals surface area (Å²) in [4.78, 5) is 18.7. The number of nitrogen functional groups attached to an aromatic ring is 1. The first-order chi connectivity index (χ1) is 11.7. The Balaban J connectivity index is 1.64. The number of carbonyl (C=O) groups is 1. The van der Waals surface area contributed by atoms with Crippen molar-refractivity contribution in [2.24, 2.45) is 0 Å². The van der Waals surface area contributed by atoms with Crippen molar-refractivity contribution < 1.29 is 14.3 Å². The quantitative estimate of drug-likeness (QED) is 0.927. The summed E-state index contributed by atoms with van der Waals surface area (Å²) >= 11 is 0. The molecule has 1 atom stereocenters. The third-order valence-electron chi connectivity index (χ3n) is 4.06. The van der Waals surface area contributed by atoms with E-state index < -0.39 is 0 Å². The van der Waals surface area contributed by atoms with Crippen LogP contribution in [0.15, 0.2) is 42.5 Å². The highest BCUT2D eigenvalue weighted by atomic mass is 16.5. The third-order valence-corrected chi connectivity index (χ3v) is 4.06. The SMILES string of the molecule is COc1ccc(CC(=O)N2CCO[C@H](c3cccc(N)n3)C2)cc1. The maximum atomic E-state index is 12.6. The molecule has 1 saturated heterocycles. The van der Waals surface area contributed by atoms with Crippen molar-refractivity contribution in [3.63, 3.8) is 0 Å². The van der Waals surface area contributed by atoms with Crippen molar-refractivity contribution in [1.29, 1.82) is 0 Å². The molecule has 1 aromatic carbocycles. The van der Waals surface area contributed by atoms with E-state index in [1.807, 2.05) is 41.3 Å². The molecule has 0 saturated carbocycles. The number of hydrogen-bond acceptors (Lipinski definition) is 5. The van der Waals surface area contributed by atoms with Gasteiger partial charge in [-0.05, 0) is 29.8 Å². The lowest BCUT2D eigenvalue weighted by Crippen LogP contribution is -2.43. The van der Waals surface area contributed by atoms with Crippen molar-refractivity contribution in [3.05, 3.63) is 53.7 Å². The maximum absolute atomic E-state index is 12.6. The van der Waals surface area contributed by atoms with Gasteiger partial charge in [-0.2, -0.15) is 0 Å². The molecule has 2 heterocycles. The van der Waals surface area contributed by atoms with Crippen LogP contribution < -0.4 is 10.5 Å². The van der Waals surface area contributed by atoms with Crippen molar-refractivity contribution >= 4 is 11.7 Å². The molecule has 0 unspecified atom stereocenters. The fourth-order valence-electron chi connectivity index (χ4n) is 2.73. The van der Waals surface area contributed by atoms with Crippen LogP contribution >= 0.6 is 0 Å². The summed E-state index contributed by atoms with van der Waals surface area (Å²) in [7, 11) is 1.62. The molecule has 2 aromatic rings. The van der Waals surface area contributed by atoms with Gasteiger partial charge in [-0.3, -0.25) is 4.79 Å². The minimum Gasteiger partial charge on any atom is -0.497 e. The second-order valence-electron chi connectivity index (χ2n) is 5.71. The Morgan fingerprint density at radius 2 is 2.12 bits per heavy atom. The van der Waals surface area contributed by atoms with Crippen molar-refractivity contribution in [2.75, 3.05) is 32.5 Å². The smallest absolute Gasteiger partial charge is 0.227 e. The molecular weight excluding hydrogens is 306 g/mol. The number of hydrogen-bond donors (Lipinski definition) is 1. The Labute approximate surface area is 141 Å². The Morgan fingerprint density at radius 1 is 1.33 bits per heavy atom. The molecule has 1 fully saturated rings. The minimum atomic E-state index is -0.234. The average molecular weight is 327 g/mol. The number of nitrogens with zero attached hydrogens (tertiary/aromatic N) is 2. The van der Waals surface area contributed by atoms with E-state index in [0.717, 1.165) is 17.0 Å². The van der Waals surface area contributed by atoms with E-state index in [0.29, 0.717) is 31.9 Å². The highest BCUT2D eigenvalue weighted by molar-refractivity contribution is 5.79. The molecule has 24 heavy (non-hydrogen) atoms. The lowest BCUT2D eigenvalue weighted by Gasteiger charge is -2.32. The molecular formula is C18H21N3O3. The largest absolute Gasteiger partial charge is 0.497 e. The van der Waals surface area contributed by atoms with Crippen LogP contribution in [-0.4, -0.2) is 42.6 Å². The van der Waals surface area contributed by atoms with Gasteiger partial charge >= 0.3 is 0 Å². The van der Waals surface area contributed by atoms with Gasteiger partial charge in [0.05, 0.1) is 32.4 Å². The summed E-state index contributed by atoms with van der Waals surface area (Å²) in [6.45, 7) is 1.58. The van der Waals surface area contributed by atoms with Crippen LogP contribution in [0.5, 0.6) is 5.75 Å². The Hall–Kier alpha value is -2.60. The first-order valence-electron chi connectivity index (χ1n) is 7.90. The third kappa shape index (κ3) is 3.83. The van der Waals surface area contributed by atoms with Gasteiger partial charge in [0.25, 0.3) is 0 Å². The van der Waals surface area contributed by atoms with Gasteiger partial charge < -0.3 is 20.1 Å². The van der Waals surface area contributed by atoms with Gasteiger partial charge in [-0.15, -0.1) is 0 Å². The number of benzene rings is 1. The van der Waals surface area contributed by atoms with Gasteiger partial charge in [-0.1, -0.05) is 18.2 Å². The van der Waals surface area contributed by atoms with Gasteiger partial charge in [0, 0.05) is 6.54 Å². The number of rotatable bonds is 4. The first kappa shape index (κ1) is 16.3. The molecule has 0 radical (unpaired) electrons. The van der Waals surface area contributed by atoms with Crippen molar-refractivity contribution in [3.8, 4) is 5.75 Å². The average Bonchev–Trinajstić information content (AvgIpc) is 2.62. The number of methoxy groups -OCH3 is 1. The van der Waals surface area contributed by atoms with E-state index in [1.54, 1.807) is 13.2 Å². The van der Waals surface area contributed by atoms with Crippen LogP contribution in [0.1, 0.15) is 17.4 Å². The molecule has 0 aliphatic carbocycles. The van der Waals surface area contributed by atoms with Crippen molar-refractivity contribution in [1.82, 2.24) is 9.88 Å². The molecule has 3 rings (SSSR count). The molecule has 1 aliphatic rings. The number of amides is 1. The Kier molecular flexibility index (Phi) is 4.96. The number of pyridine rings is 1. The summed E-state index contributed by atoms with van der Waals surface area (Å²) < 4.78 is 10.9. The normalized spacial score (nSPS) is 17.5. The van der Waals surface area contributed by atoms with E-state index in [-0.39, 0.29) is 12.0 Å². The summed E-state index contributed by atoms with van der Waals surface area (Å²) in [6, 6.07) is 13.0. The van der Waals surface area contributed by atoms with E-state index in [4.69, 9.17) is 15.2 Å². The van der Waals surface area contributed by atoms with E-state index >= 15 is 0 Å². The number of morpholine rings is 1. The van der Waals surface area contributed by atoms with Gasteiger partial charge in [0.2, 0.25) is 5.91 Å². The summed E-state index contributed by atoms with van der Waals surface area (Å²) in [5.41, 5.74) is 7.45. The molecule has 1 amide bonds. The zero-order valence-electron chi connectivity index (χ0n) is 13.6. The molecule has 6 nitrogen and oxygen atoms in total. The fraction of sp³-hybridized carbons (Fsp3) is 0.333. The zero-order valence-corrected chi connectivity index (χ0v) is 13.6. The predicted octanol–water partition coefficient (Wildman–Crippen LogP) is 1.81. The predicted molar refractivity (Wildman–Crippen MR) is 90.6 cm³/mol. The van der Waals surface area contributed by atoms with E-state index in [9.17, 15) is 4.79 Å². The van der Waals surface area contributed by atoms with Crippen LogP contribution in [0.3, 0.4) is 0 Å². The summed E-state index contributed by atoms with van der Waals surface area (Å²) in [5.74, 6) is 1.32. The van der Waals surface area contributed by atoms with Crippen LogP contribution in [-0.2, 0) is 16.0 Å². The highest BCUT2D eigenvalue weighted by Crippen LogP contribution is 2.22. The summed E-state index contributed by atoms with van der Waals surface area (Å²) in [5, 5.41) is 0. The van der Waals surface area contributed by atoms with Gasteiger partial charge in [0.1, 0.15) is 17.7 Å². The monoisotopic (exact) mass is 327 g/mol. The lowest BCUT2D eigenvalue weighted by molar-refractivity contribution is -0.138. The molecule has 1 aromatic heterocycles. The molecule has 1 aliphatic heterocycles. The maximum Gasteiger partial charge on any atom is 0.227 e. The van der Waals surface area contributed by atoms with Crippen LogP contribution in [0.25, 0.3) is 0 Å². The second-order valence-corrected chi connectivity index (χ2v) is 5.71. The summed E-state index contributed by atoms with van der Waals surface area (Å²) in [6.07, 6.45) is 0.128. The highest BCUT2D eigenvalue weighted by Gasteiger charge is 2.26. The molecule has 126 valence electrons. The van der Waals surface area contributed by atoms with Crippen LogP contribution in [0.4, 0.5) is 5.82 Å². The standard InChI is InChI=1S/C18H21N3O3/c1-23-14-7-5-13(6-8-14)11-18(22)21-9-10-24-16(12-21)15-3-2-4-17(19)20-15/h2-8,16H,9-12H2,1H3,(H2,19,20)/t16-/m0/s1. The fourth-order valence-corrected chi connectivity index (χ4v) is 2.73. The number of aromatic nitrogens is 1. The Bertz CT molecular complexity index is 703. The first-order valence-corrected chi connectivity index (χ1v) is 7.90. The molecule has 2 N–H and O–H groups in total. The van der Waals surface area contributed by atoms with E-state index in [2.05, 4.69) is 4.98 Å². The topological polar surface area (TPSA) is 77.7 Å². The number of nitrogens with two attached hydrogens (primary N) is 1. The number of carbonyl (C=O) groups excluding carboxylic acids is 1. The van der Waals surface area contributed by atoms with Gasteiger partial charge in [-0.25, -0.2) is 4.98 Å². The van der Waals surface area contributed by atoms with E-state index in [1.165, 1.54) is 0 Å². The minimum absolute atomic E-state index is 0.0809. The van der Waals surface area contributed by atoms with Crippen LogP contribution in [0.2, 0.25) is 0 Å². The second kappa shape index (κ2) is 7.31. The zero-order chi connectivity index (χ0) is 16.9. The van der Waals surface area contributed by atoms with Gasteiger partial charge in [0.15, 0.2) is 0 Å². The number of anilines is 1. The van der Waals surface area contributed by atoms with Crippen molar-refractivity contribution in [2.45, 2.75) is 12.5 Å². The molecule has 0 spiro atoms. The lowest BCUT2D eigenvalue weighted by atomic mass is 10.1. The van der Waals surface area contributed by atoms with Crippen LogP contribution in [0, 0.1) is 0 Å².